The summed E-state index contributed by atoms with van der Waals surface area (Å²) in [5.74, 6) is -0.00146. The van der Waals surface area contributed by atoms with E-state index in [1.165, 1.54) is 11.1 Å². The molecular formula is C20H30O2. The van der Waals surface area contributed by atoms with E-state index in [-0.39, 0.29) is 11.7 Å². The Morgan fingerprint density at radius 3 is 2.50 bits per heavy atom. The van der Waals surface area contributed by atoms with Crippen LogP contribution >= 0.6 is 0 Å². The number of carbonyl (C=O) groups excluding carboxylic acids is 1. The number of hydrogen-bond donors (Lipinski definition) is 1. The second-order valence-electron chi connectivity index (χ2n) is 6.70. The van der Waals surface area contributed by atoms with Crippen LogP contribution in [0, 0.1) is 5.92 Å². The molecule has 0 bridgehead atoms. The number of aliphatic hydroxyl groups is 1. The first-order valence-electron chi connectivity index (χ1n) is 8.17. The Kier molecular flexibility index (Phi) is 7.53. The molecule has 1 unspecified atom stereocenters. The lowest BCUT2D eigenvalue weighted by molar-refractivity contribution is -0.117. The summed E-state index contributed by atoms with van der Waals surface area (Å²) in [5.41, 5.74) is 4.38. The third kappa shape index (κ3) is 6.57. The van der Waals surface area contributed by atoms with Crippen molar-refractivity contribution < 1.29 is 9.90 Å². The van der Waals surface area contributed by atoms with Gasteiger partial charge in [-0.25, -0.2) is 0 Å². The zero-order chi connectivity index (χ0) is 16.7. The van der Waals surface area contributed by atoms with Crippen LogP contribution in [0.25, 0.3) is 0 Å². The Bertz CT molecular complexity index is 506. The van der Waals surface area contributed by atoms with Gasteiger partial charge in [0.15, 0.2) is 5.78 Å². The van der Waals surface area contributed by atoms with Crippen LogP contribution in [0.2, 0.25) is 0 Å². The lowest BCUT2D eigenvalue weighted by Gasteiger charge is -2.16. The van der Waals surface area contributed by atoms with Crippen molar-refractivity contribution in [1.82, 2.24) is 0 Å². The molecule has 0 aromatic rings. The van der Waals surface area contributed by atoms with Crippen LogP contribution < -0.4 is 0 Å². The Labute approximate surface area is 135 Å². The average molecular weight is 302 g/mol. The van der Waals surface area contributed by atoms with Crippen LogP contribution in [-0.4, -0.2) is 17.0 Å². The van der Waals surface area contributed by atoms with Crippen molar-refractivity contribution in [2.45, 2.75) is 65.9 Å². The van der Waals surface area contributed by atoms with Crippen molar-refractivity contribution in [3.63, 3.8) is 0 Å². The van der Waals surface area contributed by atoms with Crippen LogP contribution in [-0.2, 0) is 4.79 Å². The highest BCUT2D eigenvalue weighted by Gasteiger charge is 2.18. The summed E-state index contributed by atoms with van der Waals surface area (Å²) in [6.45, 7) is 12.0. The Balaban J connectivity index is 3.02. The molecule has 0 aromatic heterocycles. The van der Waals surface area contributed by atoms with E-state index in [1.807, 2.05) is 19.9 Å². The van der Waals surface area contributed by atoms with Crippen LogP contribution in [0.1, 0.15) is 59.8 Å². The SMILES string of the molecule is C=C(C)C1CC/C(C)=C/CC/C(C)=C/[C@H](O)C/C(C)=C/C1=O. The number of rotatable bonds is 1. The number of ketones is 1. The summed E-state index contributed by atoms with van der Waals surface area (Å²) in [6, 6.07) is 0. The lowest BCUT2D eigenvalue weighted by Crippen LogP contribution is -2.15. The number of hydrogen-bond acceptors (Lipinski definition) is 2. The Hall–Kier alpha value is -1.41. The van der Waals surface area contributed by atoms with E-state index in [2.05, 4.69) is 26.5 Å². The first-order valence-corrected chi connectivity index (χ1v) is 8.17. The zero-order valence-corrected chi connectivity index (χ0v) is 14.5. The third-order valence-corrected chi connectivity index (χ3v) is 4.19. The first-order chi connectivity index (χ1) is 10.3. The molecule has 1 N–H and O–H groups in total. The fourth-order valence-corrected chi connectivity index (χ4v) is 2.85. The van der Waals surface area contributed by atoms with Gasteiger partial charge in [0.1, 0.15) is 0 Å². The minimum Gasteiger partial charge on any atom is -0.389 e. The zero-order valence-electron chi connectivity index (χ0n) is 14.5. The van der Waals surface area contributed by atoms with Gasteiger partial charge in [-0.1, -0.05) is 41.0 Å². The third-order valence-electron chi connectivity index (χ3n) is 4.19. The molecule has 2 heteroatoms. The quantitative estimate of drug-likeness (QED) is 0.699. The maximum atomic E-state index is 12.5. The maximum absolute atomic E-state index is 12.5. The van der Waals surface area contributed by atoms with Gasteiger partial charge in [-0.15, -0.1) is 0 Å². The molecule has 0 saturated carbocycles. The van der Waals surface area contributed by atoms with Gasteiger partial charge in [0.2, 0.25) is 0 Å². The Morgan fingerprint density at radius 1 is 1.18 bits per heavy atom. The van der Waals surface area contributed by atoms with E-state index in [4.69, 9.17) is 0 Å². The predicted octanol–water partition coefficient (Wildman–Crippen LogP) is 4.91. The van der Waals surface area contributed by atoms with Crippen LogP contribution in [0.5, 0.6) is 0 Å². The highest BCUT2D eigenvalue weighted by molar-refractivity contribution is 5.94. The van der Waals surface area contributed by atoms with Crippen molar-refractivity contribution in [3.8, 4) is 0 Å². The molecule has 0 amide bonds. The summed E-state index contributed by atoms with van der Waals surface area (Å²) in [4.78, 5) is 12.5. The normalized spacial score (nSPS) is 32.8. The van der Waals surface area contributed by atoms with Gasteiger partial charge < -0.3 is 5.11 Å². The number of carbonyl (C=O) groups is 1. The van der Waals surface area contributed by atoms with Crippen molar-refractivity contribution in [2.24, 2.45) is 5.92 Å². The number of aliphatic hydroxyl groups excluding tert-OH is 1. The van der Waals surface area contributed by atoms with E-state index in [1.54, 1.807) is 6.08 Å². The van der Waals surface area contributed by atoms with E-state index in [9.17, 15) is 9.90 Å². The van der Waals surface area contributed by atoms with Gasteiger partial charge in [-0.2, -0.15) is 0 Å². The molecule has 2 atom stereocenters. The number of allylic oxidation sites excluding steroid dienone is 5. The van der Waals surface area contributed by atoms with Crippen LogP contribution in [0.15, 0.2) is 47.1 Å². The van der Waals surface area contributed by atoms with E-state index < -0.39 is 6.10 Å². The van der Waals surface area contributed by atoms with Gasteiger partial charge in [-0.3, -0.25) is 4.79 Å². The molecule has 122 valence electrons. The molecule has 0 aromatic carbocycles. The van der Waals surface area contributed by atoms with Gasteiger partial charge in [0, 0.05) is 5.92 Å². The molecule has 2 nitrogen and oxygen atoms in total. The summed E-state index contributed by atoms with van der Waals surface area (Å²) in [7, 11) is 0. The van der Waals surface area contributed by atoms with Crippen molar-refractivity contribution in [3.05, 3.63) is 47.1 Å². The minimum atomic E-state index is -0.514. The Morgan fingerprint density at radius 2 is 1.86 bits per heavy atom. The summed E-state index contributed by atoms with van der Waals surface area (Å²) in [6.07, 6.45) is 9.56. The van der Waals surface area contributed by atoms with Crippen molar-refractivity contribution in [2.75, 3.05) is 0 Å². The molecule has 1 aliphatic rings. The van der Waals surface area contributed by atoms with E-state index >= 15 is 0 Å². The summed E-state index contributed by atoms with van der Waals surface area (Å²) in [5, 5.41) is 10.1. The van der Waals surface area contributed by atoms with Crippen molar-refractivity contribution >= 4 is 5.78 Å². The smallest absolute Gasteiger partial charge is 0.162 e. The average Bonchev–Trinajstić information content (AvgIpc) is 2.36. The summed E-state index contributed by atoms with van der Waals surface area (Å²) >= 11 is 0. The molecule has 1 aliphatic carbocycles. The molecule has 0 heterocycles. The highest BCUT2D eigenvalue weighted by Crippen LogP contribution is 2.22. The van der Waals surface area contributed by atoms with Gasteiger partial charge in [-0.05, 0) is 65.9 Å². The standard InChI is InChI=1S/C20H30O2/c1-14(2)19-10-9-15(3)7-6-8-16(4)11-18(21)12-17(5)13-20(19)22/h7,11,13,18-19,21H,1,6,8-10,12H2,2-5H3/b15-7+,16-11+,17-13+/t18-,19?/m0/s1. The first kappa shape index (κ1) is 18.6. The molecule has 0 radical (unpaired) electrons. The highest BCUT2D eigenvalue weighted by atomic mass is 16.3. The fraction of sp³-hybridized carbons (Fsp3) is 0.550. The molecule has 1 rings (SSSR count). The second kappa shape index (κ2) is 8.89. The fourth-order valence-electron chi connectivity index (χ4n) is 2.85. The topological polar surface area (TPSA) is 37.3 Å². The van der Waals surface area contributed by atoms with Crippen LogP contribution in [0.3, 0.4) is 0 Å². The molecule has 0 fully saturated rings. The largest absolute Gasteiger partial charge is 0.389 e. The van der Waals surface area contributed by atoms with Gasteiger partial charge >= 0.3 is 0 Å². The maximum Gasteiger partial charge on any atom is 0.162 e. The van der Waals surface area contributed by atoms with Gasteiger partial charge in [0.05, 0.1) is 6.10 Å². The van der Waals surface area contributed by atoms with Gasteiger partial charge in [0.25, 0.3) is 0 Å². The van der Waals surface area contributed by atoms with Crippen LogP contribution in [0.4, 0.5) is 0 Å². The van der Waals surface area contributed by atoms with E-state index in [0.717, 1.165) is 36.8 Å². The monoisotopic (exact) mass is 302 g/mol. The minimum absolute atomic E-state index is 0.114. The molecule has 0 aliphatic heterocycles. The molecule has 0 saturated heterocycles. The summed E-state index contributed by atoms with van der Waals surface area (Å²) < 4.78 is 0. The molecule has 22 heavy (non-hydrogen) atoms. The molecule has 0 spiro atoms. The van der Waals surface area contributed by atoms with Crippen molar-refractivity contribution in [1.29, 1.82) is 0 Å². The second-order valence-corrected chi connectivity index (χ2v) is 6.70. The lowest BCUT2D eigenvalue weighted by atomic mass is 9.88. The van der Waals surface area contributed by atoms with E-state index in [0.29, 0.717) is 6.42 Å². The predicted molar refractivity (Wildman–Crippen MR) is 93.7 cm³/mol. The molecular weight excluding hydrogens is 272 g/mol.